The van der Waals surface area contributed by atoms with Crippen LogP contribution in [0.2, 0.25) is 0 Å². The minimum Gasteiger partial charge on any atom is -0.381 e. The highest BCUT2D eigenvalue weighted by Crippen LogP contribution is 2.34. The molecule has 1 N–H and O–H groups in total. The van der Waals surface area contributed by atoms with E-state index in [0.717, 1.165) is 32.3 Å². The van der Waals surface area contributed by atoms with Gasteiger partial charge in [-0.15, -0.1) is 0 Å². The van der Waals surface area contributed by atoms with E-state index in [1.807, 2.05) is 0 Å². The Morgan fingerprint density at radius 1 is 1.35 bits per heavy atom. The van der Waals surface area contributed by atoms with Crippen LogP contribution in [0, 0.1) is 5.41 Å². The average molecular weight is 240 g/mol. The van der Waals surface area contributed by atoms with Crippen LogP contribution < -0.4 is 5.32 Å². The molecule has 0 aromatic carbocycles. The Morgan fingerprint density at radius 3 is 2.71 bits per heavy atom. The lowest BCUT2D eigenvalue weighted by Crippen LogP contribution is -2.49. The maximum Gasteiger partial charge on any atom is 0.0546 e. The van der Waals surface area contributed by atoms with Crippen molar-refractivity contribution in [3.63, 3.8) is 0 Å². The van der Waals surface area contributed by atoms with Crippen LogP contribution in [0.1, 0.15) is 39.5 Å². The number of nitrogens with zero attached hydrogens (tertiary/aromatic N) is 1. The predicted molar refractivity (Wildman–Crippen MR) is 71.3 cm³/mol. The van der Waals surface area contributed by atoms with E-state index in [9.17, 15) is 0 Å². The van der Waals surface area contributed by atoms with E-state index in [2.05, 4.69) is 24.1 Å². The van der Waals surface area contributed by atoms with Gasteiger partial charge in [0.1, 0.15) is 0 Å². The molecule has 1 aliphatic carbocycles. The van der Waals surface area contributed by atoms with Crippen molar-refractivity contribution in [2.24, 2.45) is 5.41 Å². The smallest absolute Gasteiger partial charge is 0.0546 e. The largest absolute Gasteiger partial charge is 0.381 e. The van der Waals surface area contributed by atoms with Gasteiger partial charge < -0.3 is 10.1 Å². The molecule has 1 atom stereocenters. The van der Waals surface area contributed by atoms with Crippen molar-refractivity contribution in [1.82, 2.24) is 10.2 Å². The van der Waals surface area contributed by atoms with Gasteiger partial charge in [0.15, 0.2) is 0 Å². The van der Waals surface area contributed by atoms with Gasteiger partial charge in [-0.1, -0.05) is 13.8 Å². The zero-order valence-electron chi connectivity index (χ0n) is 11.5. The topological polar surface area (TPSA) is 24.5 Å². The normalized spacial score (nSPS) is 29.8. The highest BCUT2D eigenvalue weighted by Gasteiger charge is 2.38. The fourth-order valence-corrected chi connectivity index (χ4v) is 2.99. The van der Waals surface area contributed by atoms with Crippen LogP contribution in [0.4, 0.5) is 0 Å². The van der Waals surface area contributed by atoms with Gasteiger partial charge in [0.05, 0.1) is 6.61 Å². The van der Waals surface area contributed by atoms with Crippen LogP contribution in [-0.2, 0) is 4.74 Å². The summed E-state index contributed by atoms with van der Waals surface area (Å²) in [6.07, 6.45) is 5.37. The lowest BCUT2D eigenvalue weighted by molar-refractivity contribution is -0.0265. The van der Waals surface area contributed by atoms with E-state index < -0.39 is 0 Å². The van der Waals surface area contributed by atoms with Crippen molar-refractivity contribution in [3.05, 3.63) is 0 Å². The maximum atomic E-state index is 5.76. The Bertz CT molecular complexity index is 222. The van der Waals surface area contributed by atoms with Gasteiger partial charge in [0.25, 0.3) is 0 Å². The number of hydrogen-bond acceptors (Lipinski definition) is 3. The van der Waals surface area contributed by atoms with Crippen molar-refractivity contribution in [3.8, 4) is 0 Å². The number of nitrogens with one attached hydrogen (secondary N) is 1. The van der Waals surface area contributed by atoms with Crippen molar-refractivity contribution < 1.29 is 4.74 Å². The fourth-order valence-electron chi connectivity index (χ4n) is 2.99. The summed E-state index contributed by atoms with van der Waals surface area (Å²) < 4.78 is 5.76. The molecule has 0 radical (unpaired) electrons. The van der Waals surface area contributed by atoms with Gasteiger partial charge in [0.2, 0.25) is 0 Å². The van der Waals surface area contributed by atoms with Gasteiger partial charge in [-0.2, -0.15) is 0 Å². The Balaban J connectivity index is 1.92. The van der Waals surface area contributed by atoms with E-state index in [0.29, 0.717) is 5.41 Å². The molecule has 1 saturated carbocycles. The Morgan fingerprint density at radius 2 is 2.18 bits per heavy atom. The second-order valence-corrected chi connectivity index (χ2v) is 5.73. The van der Waals surface area contributed by atoms with Crippen molar-refractivity contribution in [1.29, 1.82) is 0 Å². The number of ether oxygens (including phenoxy) is 1. The van der Waals surface area contributed by atoms with Gasteiger partial charge in [-0.25, -0.2) is 0 Å². The molecule has 0 aromatic heterocycles. The third-order valence-corrected chi connectivity index (χ3v) is 4.16. The molecule has 1 aliphatic heterocycles. The molecule has 0 amide bonds. The summed E-state index contributed by atoms with van der Waals surface area (Å²) >= 11 is 0. The lowest BCUT2D eigenvalue weighted by atomic mass is 9.81. The SMILES string of the molecule is CCNCC1(CN(CC)C2CC2)CCCOC1. The summed E-state index contributed by atoms with van der Waals surface area (Å²) in [6.45, 7) is 11.0. The molecule has 100 valence electrons. The first kappa shape index (κ1) is 13.3. The highest BCUT2D eigenvalue weighted by molar-refractivity contribution is 4.92. The van der Waals surface area contributed by atoms with Crippen molar-refractivity contribution in [2.45, 2.75) is 45.6 Å². The van der Waals surface area contributed by atoms with Crippen LogP contribution in [0.3, 0.4) is 0 Å². The summed E-state index contributed by atoms with van der Waals surface area (Å²) in [5.74, 6) is 0. The summed E-state index contributed by atoms with van der Waals surface area (Å²) in [7, 11) is 0. The van der Waals surface area contributed by atoms with E-state index in [-0.39, 0.29) is 0 Å². The summed E-state index contributed by atoms with van der Waals surface area (Å²) in [4.78, 5) is 2.67. The number of rotatable bonds is 7. The zero-order chi connectivity index (χ0) is 12.1. The van der Waals surface area contributed by atoms with Crippen molar-refractivity contribution >= 4 is 0 Å². The minimum atomic E-state index is 0.368. The molecule has 0 spiro atoms. The van der Waals surface area contributed by atoms with E-state index in [4.69, 9.17) is 4.74 Å². The Hall–Kier alpha value is -0.120. The molecule has 3 nitrogen and oxygen atoms in total. The monoisotopic (exact) mass is 240 g/mol. The van der Waals surface area contributed by atoms with Crippen LogP contribution in [-0.4, -0.2) is 50.3 Å². The third-order valence-electron chi connectivity index (χ3n) is 4.16. The van der Waals surface area contributed by atoms with E-state index in [1.54, 1.807) is 0 Å². The molecule has 17 heavy (non-hydrogen) atoms. The van der Waals surface area contributed by atoms with E-state index >= 15 is 0 Å². The van der Waals surface area contributed by atoms with Crippen LogP contribution in [0.5, 0.6) is 0 Å². The second kappa shape index (κ2) is 6.17. The van der Waals surface area contributed by atoms with Gasteiger partial charge in [-0.05, 0) is 38.8 Å². The summed E-state index contributed by atoms with van der Waals surface area (Å²) in [5, 5.41) is 3.54. The van der Waals surface area contributed by atoms with Gasteiger partial charge in [-0.3, -0.25) is 4.90 Å². The lowest BCUT2D eigenvalue weighted by Gasteiger charge is -2.41. The van der Waals surface area contributed by atoms with E-state index in [1.165, 1.54) is 38.8 Å². The molecule has 2 aliphatic rings. The Labute approximate surface area is 106 Å². The molecule has 1 saturated heterocycles. The van der Waals surface area contributed by atoms with Crippen LogP contribution >= 0.6 is 0 Å². The number of hydrogen-bond donors (Lipinski definition) is 1. The van der Waals surface area contributed by atoms with Crippen LogP contribution in [0.25, 0.3) is 0 Å². The molecule has 0 aromatic rings. The third kappa shape index (κ3) is 3.67. The molecule has 0 bridgehead atoms. The molecular formula is C14H28N2O. The standard InChI is InChI=1S/C14H28N2O/c1-3-15-10-14(8-5-9-17-12-14)11-16(4-2)13-6-7-13/h13,15H,3-12H2,1-2H3. The first-order valence-electron chi connectivity index (χ1n) is 7.32. The van der Waals surface area contributed by atoms with Gasteiger partial charge in [0, 0.05) is 31.2 Å². The van der Waals surface area contributed by atoms with Crippen LogP contribution in [0.15, 0.2) is 0 Å². The second-order valence-electron chi connectivity index (χ2n) is 5.73. The molecule has 2 rings (SSSR count). The first-order valence-corrected chi connectivity index (χ1v) is 7.32. The first-order chi connectivity index (χ1) is 8.29. The minimum absolute atomic E-state index is 0.368. The molecule has 1 unspecified atom stereocenters. The quantitative estimate of drug-likeness (QED) is 0.735. The predicted octanol–water partition coefficient (Wildman–Crippen LogP) is 1.88. The van der Waals surface area contributed by atoms with Crippen molar-refractivity contribution in [2.75, 3.05) is 39.4 Å². The molecule has 1 heterocycles. The molecule has 2 fully saturated rings. The fraction of sp³-hybridized carbons (Fsp3) is 1.00. The Kier molecular flexibility index (Phi) is 4.83. The van der Waals surface area contributed by atoms with Gasteiger partial charge >= 0.3 is 0 Å². The summed E-state index contributed by atoms with van der Waals surface area (Å²) in [6, 6.07) is 0.875. The average Bonchev–Trinajstić information content (AvgIpc) is 3.19. The molecule has 3 heteroatoms. The summed E-state index contributed by atoms with van der Waals surface area (Å²) in [5.41, 5.74) is 0.368. The maximum absolute atomic E-state index is 5.76. The zero-order valence-corrected chi connectivity index (χ0v) is 11.5. The highest BCUT2D eigenvalue weighted by atomic mass is 16.5. The molecular weight excluding hydrogens is 212 g/mol.